The van der Waals surface area contributed by atoms with Gasteiger partial charge in [-0.1, -0.05) is 15.9 Å². The third-order valence-corrected chi connectivity index (χ3v) is 4.94. The minimum atomic E-state index is -1.44. The van der Waals surface area contributed by atoms with Crippen molar-refractivity contribution in [3.05, 3.63) is 22.7 Å². The fourth-order valence-corrected chi connectivity index (χ4v) is 3.22. The van der Waals surface area contributed by atoms with Crippen LogP contribution in [0.4, 0.5) is 5.69 Å². The number of benzene rings is 1. The largest absolute Gasteiger partial charge is 0.398 e. The van der Waals surface area contributed by atoms with Crippen LogP contribution in [-0.4, -0.2) is 21.4 Å². The van der Waals surface area contributed by atoms with Crippen LogP contribution in [0.15, 0.2) is 27.6 Å². The SMILES string of the molecule is CC(C(=O)NC1CC1)S(=O)c1cc(Br)ccc1N. The quantitative estimate of drug-likeness (QED) is 0.827. The lowest BCUT2D eigenvalue weighted by Crippen LogP contribution is -2.36. The molecule has 0 spiro atoms. The number of anilines is 1. The van der Waals surface area contributed by atoms with Crippen LogP contribution in [0, 0.1) is 0 Å². The molecule has 0 saturated heterocycles. The van der Waals surface area contributed by atoms with E-state index in [-0.39, 0.29) is 11.9 Å². The smallest absolute Gasteiger partial charge is 0.236 e. The maximum atomic E-state index is 12.3. The zero-order valence-electron chi connectivity index (χ0n) is 9.98. The Morgan fingerprint density at radius 2 is 2.22 bits per heavy atom. The van der Waals surface area contributed by atoms with Crippen molar-refractivity contribution in [2.75, 3.05) is 5.73 Å². The van der Waals surface area contributed by atoms with Gasteiger partial charge in [0.25, 0.3) is 0 Å². The first-order valence-corrected chi connectivity index (χ1v) is 7.75. The summed E-state index contributed by atoms with van der Waals surface area (Å²) in [5.41, 5.74) is 6.24. The van der Waals surface area contributed by atoms with Crippen LogP contribution in [0.3, 0.4) is 0 Å². The molecule has 0 aromatic heterocycles. The number of nitrogens with two attached hydrogens (primary N) is 1. The van der Waals surface area contributed by atoms with Crippen molar-refractivity contribution in [3.8, 4) is 0 Å². The number of hydrogen-bond acceptors (Lipinski definition) is 3. The van der Waals surface area contributed by atoms with Crippen molar-refractivity contribution in [3.63, 3.8) is 0 Å². The van der Waals surface area contributed by atoms with E-state index < -0.39 is 16.0 Å². The third-order valence-electron chi connectivity index (χ3n) is 2.81. The Morgan fingerprint density at radius 3 is 2.83 bits per heavy atom. The van der Waals surface area contributed by atoms with Crippen molar-refractivity contribution in [2.45, 2.75) is 36.0 Å². The first kappa shape index (κ1) is 13.5. The van der Waals surface area contributed by atoms with Gasteiger partial charge in [0.1, 0.15) is 5.25 Å². The molecule has 2 rings (SSSR count). The van der Waals surface area contributed by atoms with E-state index in [4.69, 9.17) is 5.73 Å². The molecule has 0 heterocycles. The first-order chi connectivity index (χ1) is 8.49. The van der Waals surface area contributed by atoms with Gasteiger partial charge >= 0.3 is 0 Å². The highest BCUT2D eigenvalue weighted by atomic mass is 79.9. The molecule has 1 aromatic rings. The van der Waals surface area contributed by atoms with E-state index in [1.165, 1.54) is 0 Å². The fourth-order valence-electron chi connectivity index (χ4n) is 1.52. The molecule has 1 amide bonds. The Morgan fingerprint density at radius 1 is 1.56 bits per heavy atom. The molecule has 2 atom stereocenters. The lowest BCUT2D eigenvalue weighted by Gasteiger charge is -2.13. The zero-order valence-corrected chi connectivity index (χ0v) is 12.4. The van der Waals surface area contributed by atoms with Crippen molar-refractivity contribution in [1.82, 2.24) is 5.32 Å². The highest BCUT2D eigenvalue weighted by Gasteiger charge is 2.29. The first-order valence-electron chi connectivity index (χ1n) is 5.75. The predicted molar refractivity (Wildman–Crippen MR) is 75.6 cm³/mol. The molecule has 0 radical (unpaired) electrons. The minimum Gasteiger partial charge on any atom is -0.398 e. The summed E-state index contributed by atoms with van der Waals surface area (Å²) < 4.78 is 13.1. The third kappa shape index (κ3) is 3.11. The van der Waals surface area contributed by atoms with Gasteiger partial charge < -0.3 is 11.1 Å². The van der Waals surface area contributed by atoms with Crippen LogP contribution in [0.25, 0.3) is 0 Å². The summed E-state index contributed by atoms with van der Waals surface area (Å²) >= 11 is 3.31. The van der Waals surface area contributed by atoms with Gasteiger partial charge in [-0.15, -0.1) is 0 Å². The van der Waals surface area contributed by atoms with Gasteiger partial charge in [0, 0.05) is 16.2 Å². The van der Waals surface area contributed by atoms with Crippen molar-refractivity contribution in [2.24, 2.45) is 0 Å². The van der Waals surface area contributed by atoms with Crippen molar-refractivity contribution in [1.29, 1.82) is 0 Å². The van der Waals surface area contributed by atoms with Crippen LogP contribution in [0.2, 0.25) is 0 Å². The van der Waals surface area contributed by atoms with Crippen LogP contribution in [0.1, 0.15) is 19.8 Å². The Bertz CT molecular complexity index is 503. The Labute approximate surface area is 117 Å². The summed E-state index contributed by atoms with van der Waals surface area (Å²) in [6.45, 7) is 1.66. The van der Waals surface area contributed by atoms with Crippen LogP contribution < -0.4 is 11.1 Å². The fraction of sp³-hybridized carbons (Fsp3) is 0.417. The van der Waals surface area contributed by atoms with E-state index in [0.717, 1.165) is 17.3 Å². The number of carbonyl (C=O) groups excluding carboxylic acids is 1. The number of amides is 1. The van der Waals surface area contributed by atoms with Crippen molar-refractivity contribution < 1.29 is 9.00 Å². The Hall–Kier alpha value is -0.880. The average molecular weight is 331 g/mol. The molecule has 1 aromatic carbocycles. The van der Waals surface area contributed by atoms with E-state index in [0.29, 0.717) is 10.6 Å². The summed E-state index contributed by atoms with van der Waals surface area (Å²) in [6.07, 6.45) is 2.04. The molecule has 98 valence electrons. The molecule has 0 aliphatic heterocycles. The summed E-state index contributed by atoms with van der Waals surface area (Å²) in [4.78, 5) is 12.4. The molecular formula is C12H15BrN2O2S. The van der Waals surface area contributed by atoms with Crippen LogP contribution >= 0.6 is 15.9 Å². The molecule has 1 aliphatic rings. The zero-order chi connectivity index (χ0) is 13.3. The normalized spacial score (nSPS) is 18.1. The van der Waals surface area contributed by atoms with Gasteiger partial charge in [0.15, 0.2) is 0 Å². The number of nitrogens with one attached hydrogen (secondary N) is 1. The lowest BCUT2D eigenvalue weighted by molar-refractivity contribution is -0.120. The highest BCUT2D eigenvalue weighted by Crippen LogP contribution is 2.24. The van der Waals surface area contributed by atoms with E-state index in [2.05, 4.69) is 21.2 Å². The number of nitrogen functional groups attached to an aromatic ring is 1. The van der Waals surface area contributed by atoms with Gasteiger partial charge in [0.05, 0.1) is 15.7 Å². The lowest BCUT2D eigenvalue weighted by atomic mass is 10.3. The average Bonchev–Trinajstić information content (AvgIpc) is 3.14. The molecule has 1 aliphatic carbocycles. The Kier molecular flexibility index (Phi) is 4.07. The summed E-state index contributed by atoms with van der Waals surface area (Å²) in [5.74, 6) is -0.171. The topological polar surface area (TPSA) is 72.2 Å². The van der Waals surface area contributed by atoms with Crippen LogP contribution in [-0.2, 0) is 15.6 Å². The molecule has 1 saturated carbocycles. The molecule has 4 nitrogen and oxygen atoms in total. The molecule has 18 heavy (non-hydrogen) atoms. The van der Waals surface area contributed by atoms with E-state index in [1.54, 1.807) is 25.1 Å². The second-order valence-corrected chi connectivity index (χ2v) is 7.06. The monoisotopic (exact) mass is 330 g/mol. The second kappa shape index (κ2) is 5.40. The number of halogens is 1. The minimum absolute atomic E-state index is 0.171. The van der Waals surface area contributed by atoms with E-state index in [1.807, 2.05) is 0 Å². The maximum Gasteiger partial charge on any atom is 0.236 e. The van der Waals surface area contributed by atoms with E-state index in [9.17, 15) is 9.00 Å². The number of hydrogen-bond donors (Lipinski definition) is 2. The Balaban J connectivity index is 2.13. The van der Waals surface area contributed by atoms with E-state index >= 15 is 0 Å². The molecular weight excluding hydrogens is 316 g/mol. The molecule has 3 N–H and O–H groups in total. The number of carbonyl (C=O) groups is 1. The molecule has 6 heteroatoms. The van der Waals surface area contributed by atoms with Gasteiger partial charge in [-0.25, -0.2) is 0 Å². The summed E-state index contributed by atoms with van der Waals surface area (Å²) in [5, 5.41) is 2.26. The molecule has 1 fully saturated rings. The van der Waals surface area contributed by atoms with Gasteiger partial charge in [-0.05, 0) is 38.0 Å². The molecule has 2 unspecified atom stereocenters. The van der Waals surface area contributed by atoms with Crippen LogP contribution in [0.5, 0.6) is 0 Å². The van der Waals surface area contributed by atoms with Gasteiger partial charge in [-0.3, -0.25) is 9.00 Å². The summed E-state index contributed by atoms with van der Waals surface area (Å²) in [7, 11) is -1.44. The summed E-state index contributed by atoms with van der Waals surface area (Å²) in [6, 6.07) is 5.44. The van der Waals surface area contributed by atoms with Gasteiger partial charge in [0.2, 0.25) is 5.91 Å². The second-order valence-electron chi connectivity index (χ2n) is 4.40. The standard InChI is InChI=1S/C12H15BrN2O2S/c1-7(12(16)15-9-3-4-9)18(17)11-6-8(13)2-5-10(11)14/h2,5-7,9H,3-4,14H2,1H3,(H,15,16). The maximum absolute atomic E-state index is 12.3. The van der Waals surface area contributed by atoms with Gasteiger partial charge in [-0.2, -0.15) is 0 Å². The molecule has 0 bridgehead atoms. The van der Waals surface area contributed by atoms with Crippen molar-refractivity contribution >= 4 is 38.3 Å². The predicted octanol–water partition coefficient (Wildman–Crippen LogP) is 1.81. The highest BCUT2D eigenvalue weighted by molar-refractivity contribution is 9.10. The number of rotatable bonds is 4.